The molecule has 1 atom stereocenters. The highest BCUT2D eigenvalue weighted by atomic mass is 35.5. The van der Waals surface area contributed by atoms with Gasteiger partial charge in [-0.25, -0.2) is 0 Å². The molecule has 0 saturated carbocycles. The van der Waals surface area contributed by atoms with Gasteiger partial charge in [-0.1, -0.05) is 29.3 Å². The zero-order chi connectivity index (χ0) is 23.6. The summed E-state index contributed by atoms with van der Waals surface area (Å²) in [7, 11) is 0. The molecule has 0 aromatic heterocycles. The van der Waals surface area contributed by atoms with E-state index in [0.717, 1.165) is 23.3 Å². The van der Waals surface area contributed by atoms with Crippen molar-refractivity contribution in [3.63, 3.8) is 0 Å². The molecule has 1 heterocycles. The van der Waals surface area contributed by atoms with Crippen molar-refractivity contribution in [2.24, 2.45) is 5.92 Å². The predicted octanol–water partition coefficient (Wildman–Crippen LogP) is 4.51. The molecule has 1 N–H and O–H groups in total. The van der Waals surface area contributed by atoms with Gasteiger partial charge in [0.2, 0.25) is 5.91 Å². The zero-order valence-corrected chi connectivity index (χ0v) is 18.0. The van der Waals surface area contributed by atoms with Crippen molar-refractivity contribution in [3.05, 3.63) is 58.1 Å². The molecule has 6 nitrogen and oxygen atoms in total. The maximum absolute atomic E-state index is 12.8. The Morgan fingerprint density at radius 1 is 1.19 bits per heavy atom. The minimum Gasteiger partial charge on any atom is -0.455 e. The number of alkyl halides is 3. The quantitative estimate of drug-likeness (QED) is 0.655. The molecular weight excluding hydrogens is 449 g/mol. The Hall–Kier alpha value is -3.07. The van der Waals surface area contributed by atoms with Gasteiger partial charge in [0.15, 0.2) is 6.61 Å². The fraction of sp³-hybridized carbons (Fsp3) is 0.318. The van der Waals surface area contributed by atoms with Gasteiger partial charge in [-0.3, -0.25) is 14.4 Å². The van der Waals surface area contributed by atoms with E-state index in [0.29, 0.717) is 11.8 Å². The summed E-state index contributed by atoms with van der Waals surface area (Å²) in [6.45, 7) is 3.19. The SMILES string of the molecule is Cc1ccc(N2C[C@H](C(=O)OCC(=O)Nc3cc(C(F)(F)F)ccc3Cl)CC2=O)c(C)c1. The molecule has 0 bridgehead atoms. The molecule has 170 valence electrons. The molecular formula is C22H20ClF3N2O4. The lowest BCUT2D eigenvalue weighted by atomic mass is 10.1. The molecule has 10 heteroatoms. The van der Waals surface area contributed by atoms with Crippen LogP contribution >= 0.6 is 11.6 Å². The van der Waals surface area contributed by atoms with E-state index < -0.39 is 36.1 Å². The number of amides is 2. The van der Waals surface area contributed by atoms with Crippen molar-refractivity contribution in [1.82, 2.24) is 0 Å². The lowest BCUT2D eigenvalue weighted by Crippen LogP contribution is -2.28. The van der Waals surface area contributed by atoms with Gasteiger partial charge >= 0.3 is 12.1 Å². The summed E-state index contributed by atoms with van der Waals surface area (Å²) < 4.78 is 43.5. The Morgan fingerprint density at radius 3 is 2.56 bits per heavy atom. The Morgan fingerprint density at radius 2 is 1.91 bits per heavy atom. The number of hydrogen-bond acceptors (Lipinski definition) is 4. The van der Waals surface area contributed by atoms with Gasteiger partial charge in [0.05, 0.1) is 22.2 Å². The second-order valence-electron chi connectivity index (χ2n) is 7.54. The highest BCUT2D eigenvalue weighted by molar-refractivity contribution is 6.33. The number of anilines is 2. The van der Waals surface area contributed by atoms with Gasteiger partial charge in [0, 0.05) is 18.7 Å². The number of nitrogens with zero attached hydrogens (tertiary/aromatic N) is 1. The summed E-state index contributed by atoms with van der Waals surface area (Å²) in [5.74, 6) is -2.58. The number of carbonyl (C=O) groups excluding carboxylic acids is 3. The van der Waals surface area contributed by atoms with Crippen LogP contribution in [0.1, 0.15) is 23.1 Å². The van der Waals surface area contributed by atoms with Crippen molar-refractivity contribution >= 4 is 40.8 Å². The number of carbonyl (C=O) groups is 3. The third-order valence-electron chi connectivity index (χ3n) is 5.01. The monoisotopic (exact) mass is 468 g/mol. The van der Waals surface area contributed by atoms with Crippen molar-refractivity contribution in [2.45, 2.75) is 26.4 Å². The molecule has 2 amide bonds. The first kappa shape index (κ1) is 23.6. The van der Waals surface area contributed by atoms with Crippen LogP contribution in [0.2, 0.25) is 5.02 Å². The van der Waals surface area contributed by atoms with Gasteiger partial charge in [-0.2, -0.15) is 13.2 Å². The molecule has 0 radical (unpaired) electrons. The molecule has 1 fully saturated rings. The normalized spacial score (nSPS) is 16.2. The summed E-state index contributed by atoms with van der Waals surface area (Å²) in [6, 6.07) is 8.10. The van der Waals surface area contributed by atoms with E-state index in [2.05, 4.69) is 5.32 Å². The summed E-state index contributed by atoms with van der Waals surface area (Å²) in [5, 5.41) is 2.11. The number of ether oxygens (including phenoxy) is 1. The lowest BCUT2D eigenvalue weighted by molar-refractivity contribution is -0.151. The van der Waals surface area contributed by atoms with Crippen LogP contribution in [-0.2, 0) is 25.3 Å². The zero-order valence-electron chi connectivity index (χ0n) is 17.3. The van der Waals surface area contributed by atoms with Crippen LogP contribution < -0.4 is 10.2 Å². The molecule has 0 spiro atoms. The summed E-state index contributed by atoms with van der Waals surface area (Å²) in [6.07, 6.45) is -4.67. The standard InChI is InChI=1S/C22H20ClF3N2O4/c1-12-3-6-18(13(2)7-12)28-10-14(8-20(28)30)21(31)32-11-19(29)27-17-9-15(22(24,25)26)4-5-16(17)23/h3-7,9,14H,8,10-11H2,1-2H3,(H,27,29)/t14-/m1/s1. The average Bonchev–Trinajstić information content (AvgIpc) is 3.08. The smallest absolute Gasteiger partial charge is 0.416 e. The molecule has 1 aliphatic heterocycles. The number of esters is 1. The highest BCUT2D eigenvalue weighted by Gasteiger charge is 2.37. The highest BCUT2D eigenvalue weighted by Crippen LogP contribution is 2.34. The van der Waals surface area contributed by atoms with Crippen LogP contribution in [0, 0.1) is 19.8 Å². The van der Waals surface area contributed by atoms with Crippen molar-refractivity contribution in [3.8, 4) is 0 Å². The number of aryl methyl sites for hydroxylation is 2. The van der Waals surface area contributed by atoms with Gasteiger partial charge in [0.25, 0.3) is 5.91 Å². The van der Waals surface area contributed by atoms with Crippen LogP contribution in [0.4, 0.5) is 24.5 Å². The van der Waals surface area contributed by atoms with Gasteiger partial charge in [0.1, 0.15) is 0 Å². The summed E-state index contributed by atoms with van der Waals surface area (Å²) in [5.41, 5.74) is 1.41. The Labute approximate surface area is 187 Å². The number of nitrogens with one attached hydrogen (secondary N) is 1. The van der Waals surface area contributed by atoms with Crippen molar-refractivity contribution in [2.75, 3.05) is 23.4 Å². The topological polar surface area (TPSA) is 75.7 Å². The molecule has 1 aliphatic rings. The van der Waals surface area contributed by atoms with Crippen LogP contribution in [0.5, 0.6) is 0 Å². The van der Waals surface area contributed by atoms with E-state index in [1.165, 1.54) is 4.90 Å². The number of halogens is 4. The van der Waals surface area contributed by atoms with Crippen LogP contribution in [0.15, 0.2) is 36.4 Å². The van der Waals surface area contributed by atoms with E-state index in [4.69, 9.17) is 16.3 Å². The lowest BCUT2D eigenvalue weighted by Gasteiger charge is -2.19. The Kier molecular flexibility index (Phi) is 6.78. The molecule has 0 aliphatic carbocycles. The first-order valence-corrected chi connectivity index (χ1v) is 10.0. The largest absolute Gasteiger partial charge is 0.455 e. The van der Waals surface area contributed by atoms with Crippen molar-refractivity contribution < 1.29 is 32.3 Å². The maximum Gasteiger partial charge on any atom is 0.416 e. The maximum atomic E-state index is 12.8. The van der Waals surface area contributed by atoms with Gasteiger partial charge in [-0.15, -0.1) is 0 Å². The molecule has 2 aromatic carbocycles. The minimum atomic E-state index is -4.60. The third-order valence-corrected chi connectivity index (χ3v) is 5.34. The fourth-order valence-corrected chi connectivity index (χ4v) is 3.61. The number of rotatable bonds is 5. The summed E-state index contributed by atoms with van der Waals surface area (Å²) >= 11 is 5.84. The fourth-order valence-electron chi connectivity index (χ4n) is 3.44. The second-order valence-corrected chi connectivity index (χ2v) is 7.95. The van der Waals surface area contributed by atoms with E-state index in [1.807, 2.05) is 32.0 Å². The second kappa shape index (κ2) is 9.20. The average molecular weight is 469 g/mol. The third kappa shape index (κ3) is 5.40. The Bertz CT molecular complexity index is 1070. The summed E-state index contributed by atoms with van der Waals surface area (Å²) in [4.78, 5) is 38.3. The van der Waals surface area contributed by atoms with E-state index in [9.17, 15) is 27.6 Å². The van der Waals surface area contributed by atoms with Gasteiger partial charge < -0.3 is 15.0 Å². The number of benzene rings is 2. The minimum absolute atomic E-state index is 0.0623. The van der Waals surface area contributed by atoms with E-state index in [1.54, 1.807) is 0 Å². The molecule has 3 rings (SSSR count). The van der Waals surface area contributed by atoms with Crippen LogP contribution in [0.25, 0.3) is 0 Å². The van der Waals surface area contributed by atoms with E-state index >= 15 is 0 Å². The van der Waals surface area contributed by atoms with E-state index in [-0.39, 0.29) is 29.6 Å². The first-order valence-electron chi connectivity index (χ1n) is 9.66. The molecule has 32 heavy (non-hydrogen) atoms. The first-order chi connectivity index (χ1) is 15.0. The molecule has 0 unspecified atom stereocenters. The Balaban J connectivity index is 1.58. The van der Waals surface area contributed by atoms with Crippen molar-refractivity contribution in [1.29, 1.82) is 0 Å². The van der Waals surface area contributed by atoms with Gasteiger partial charge in [-0.05, 0) is 43.7 Å². The van der Waals surface area contributed by atoms with Crippen LogP contribution in [-0.4, -0.2) is 30.9 Å². The number of hydrogen-bond donors (Lipinski definition) is 1. The van der Waals surface area contributed by atoms with Crippen LogP contribution in [0.3, 0.4) is 0 Å². The molecule has 2 aromatic rings. The predicted molar refractivity (Wildman–Crippen MR) is 112 cm³/mol. The molecule has 1 saturated heterocycles.